The van der Waals surface area contributed by atoms with E-state index in [9.17, 15) is 9.59 Å². The molecule has 164 valence electrons. The summed E-state index contributed by atoms with van der Waals surface area (Å²) in [4.78, 5) is 24.1. The lowest BCUT2D eigenvalue weighted by Crippen LogP contribution is -2.32. The van der Waals surface area contributed by atoms with E-state index in [1.165, 1.54) is 6.21 Å². The molecule has 6 nitrogen and oxygen atoms in total. The Morgan fingerprint density at radius 1 is 1.03 bits per heavy atom. The SMILES string of the molecule is Cc1ccc(NC(=O)C(=O)N/N=C\c2cc(Br)ccc2OCc2c(Cl)cccc2Cl)cc1. The van der Waals surface area contributed by atoms with Gasteiger partial charge in [0.25, 0.3) is 0 Å². The first-order valence-corrected chi connectivity index (χ1v) is 10.9. The van der Waals surface area contributed by atoms with Crippen molar-refractivity contribution in [3.8, 4) is 5.75 Å². The Morgan fingerprint density at radius 2 is 1.72 bits per heavy atom. The molecule has 0 aliphatic heterocycles. The van der Waals surface area contributed by atoms with Gasteiger partial charge in [-0.15, -0.1) is 0 Å². The average Bonchev–Trinajstić information content (AvgIpc) is 2.76. The molecule has 9 heteroatoms. The summed E-state index contributed by atoms with van der Waals surface area (Å²) < 4.78 is 6.64. The van der Waals surface area contributed by atoms with Crippen LogP contribution in [0, 0.1) is 6.92 Å². The third-order valence-corrected chi connectivity index (χ3v) is 5.49. The molecule has 0 aliphatic rings. The molecule has 0 unspecified atom stereocenters. The number of carbonyl (C=O) groups is 2. The standard InChI is InChI=1S/C23H18BrCl2N3O3/c1-14-5-8-17(9-6-14)28-22(30)23(31)29-27-12-15-11-16(24)7-10-21(15)32-13-18-19(25)3-2-4-20(18)26/h2-12H,13H2,1H3,(H,28,30)(H,29,31)/b27-12-. The minimum atomic E-state index is -0.901. The van der Waals surface area contributed by atoms with Gasteiger partial charge < -0.3 is 10.1 Å². The molecule has 0 radical (unpaired) electrons. The van der Waals surface area contributed by atoms with Gasteiger partial charge in [0.15, 0.2) is 0 Å². The van der Waals surface area contributed by atoms with Gasteiger partial charge in [-0.1, -0.05) is 62.9 Å². The van der Waals surface area contributed by atoms with Crippen LogP contribution in [-0.4, -0.2) is 18.0 Å². The Labute approximate surface area is 203 Å². The largest absolute Gasteiger partial charge is 0.488 e. The van der Waals surface area contributed by atoms with Crippen LogP contribution in [0.5, 0.6) is 5.75 Å². The molecule has 3 aromatic rings. The number of nitrogens with zero attached hydrogens (tertiary/aromatic N) is 1. The van der Waals surface area contributed by atoms with E-state index < -0.39 is 11.8 Å². The van der Waals surface area contributed by atoms with Crippen molar-refractivity contribution in [1.82, 2.24) is 5.43 Å². The molecular weight excluding hydrogens is 517 g/mol. The number of amides is 2. The second-order valence-electron chi connectivity index (χ2n) is 6.69. The highest BCUT2D eigenvalue weighted by Crippen LogP contribution is 2.28. The number of hydrogen-bond acceptors (Lipinski definition) is 4. The fraction of sp³-hybridized carbons (Fsp3) is 0.0870. The molecule has 0 aromatic heterocycles. The molecule has 0 fully saturated rings. The highest BCUT2D eigenvalue weighted by atomic mass is 79.9. The fourth-order valence-electron chi connectivity index (χ4n) is 2.61. The molecule has 3 aromatic carbocycles. The predicted octanol–water partition coefficient (Wildman–Crippen LogP) is 5.73. The zero-order valence-corrected chi connectivity index (χ0v) is 20.0. The van der Waals surface area contributed by atoms with Crippen LogP contribution in [-0.2, 0) is 16.2 Å². The van der Waals surface area contributed by atoms with E-state index in [1.807, 2.05) is 19.1 Å². The summed E-state index contributed by atoms with van der Waals surface area (Å²) in [7, 11) is 0. The number of nitrogens with one attached hydrogen (secondary N) is 2. The average molecular weight is 535 g/mol. The lowest BCUT2D eigenvalue weighted by molar-refractivity contribution is -0.136. The summed E-state index contributed by atoms with van der Waals surface area (Å²) in [5.74, 6) is -1.24. The molecule has 0 saturated heterocycles. The fourth-order valence-corrected chi connectivity index (χ4v) is 3.49. The van der Waals surface area contributed by atoms with Gasteiger partial charge in [0, 0.05) is 31.3 Å². The van der Waals surface area contributed by atoms with Crippen LogP contribution in [0.15, 0.2) is 70.2 Å². The number of ether oxygens (including phenoxy) is 1. The van der Waals surface area contributed by atoms with E-state index in [0.717, 1.165) is 10.0 Å². The van der Waals surface area contributed by atoms with Crippen molar-refractivity contribution in [2.45, 2.75) is 13.5 Å². The molecule has 0 saturated carbocycles. The Morgan fingerprint density at radius 3 is 2.41 bits per heavy atom. The Balaban J connectivity index is 1.64. The van der Waals surface area contributed by atoms with Crippen molar-refractivity contribution >= 4 is 62.8 Å². The maximum atomic E-state index is 12.0. The lowest BCUT2D eigenvalue weighted by Gasteiger charge is -2.12. The number of hydrazone groups is 1. The monoisotopic (exact) mass is 533 g/mol. The van der Waals surface area contributed by atoms with Crippen LogP contribution in [0.3, 0.4) is 0 Å². The second-order valence-corrected chi connectivity index (χ2v) is 8.42. The number of benzene rings is 3. The van der Waals surface area contributed by atoms with E-state index in [1.54, 1.807) is 48.5 Å². The first-order chi connectivity index (χ1) is 15.3. The van der Waals surface area contributed by atoms with Gasteiger partial charge in [-0.3, -0.25) is 9.59 Å². The topological polar surface area (TPSA) is 79.8 Å². The number of hydrogen-bond donors (Lipinski definition) is 2. The molecule has 0 bridgehead atoms. The summed E-state index contributed by atoms with van der Waals surface area (Å²) in [6, 6.07) is 17.6. The van der Waals surface area contributed by atoms with Crippen molar-refractivity contribution < 1.29 is 14.3 Å². The van der Waals surface area contributed by atoms with Crippen LogP contribution in [0.25, 0.3) is 0 Å². The molecule has 2 amide bonds. The molecule has 3 rings (SSSR count). The smallest absolute Gasteiger partial charge is 0.329 e. The molecule has 2 N–H and O–H groups in total. The van der Waals surface area contributed by atoms with Gasteiger partial charge in [0.05, 0.1) is 6.21 Å². The van der Waals surface area contributed by atoms with Crippen LogP contribution >= 0.6 is 39.1 Å². The molecular formula is C23H18BrCl2N3O3. The Bertz CT molecular complexity index is 1150. The van der Waals surface area contributed by atoms with Crippen LogP contribution in [0.2, 0.25) is 10.0 Å². The summed E-state index contributed by atoms with van der Waals surface area (Å²) in [5.41, 5.74) is 4.99. The van der Waals surface area contributed by atoms with E-state index in [-0.39, 0.29) is 6.61 Å². The van der Waals surface area contributed by atoms with E-state index in [0.29, 0.717) is 32.6 Å². The predicted molar refractivity (Wildman–Crippen MR) is 130 cm³/mol. The van der Waals surface area contributed by atoms with Crippen molar-refractivity contribution in [2.24, 2.45) is 5.10 Å². The van der Waals surface area contributed by atoms with E-state index >= 15 is 0 Å². The molecule has 0 atom stereocenters. The van der Waals surface area contributed by atoms with Crippen LogP contribution < -0.4 is 15.5 Å². The minimum Gasteiger partial charge on any atom is -0.488 e. The normalized spacial score (nSPS) is 10.8. The summed E-state index contributed by atoms with van der Waals surface area (Å²) in [6.07, 6.45) is 1.38. The summed E-state index contributed by atoms with van der Waals surface area (Å²) in [6.45, 7) is 2.07. The van der Waals surface area contributed by atoms with Gasteiger partial charge in [0.2, 0.25) is 0 Å². The van der Waals surface area contributed by atoms with Gasteiger partial charge in [-0.2, -0.15) is 5.10 Å². The number of anilines is 1. The number of rotatable bonds is 6. The third kappa shape index (κ3) is 6.56. The van der Waals surface area contributed by atoms with Gasteiger partial charge in [-0.25, -0.2) is 5.43 Å². The maximum absolute atomic E-state index is 12.0. The molecule has 0 heterocycles. The Kier molecular flexibility index (Phi) is 8.27. The molecule has 0 aliphatic carbocycles. The summed E-state index contributed by atoms with van der Waals surface area (Å²) in [5, 5.41) is 7.37. The first kappa shape index (κ1) is 23.8. The van der Waals surface area contributed by atoms with Crippen LogP contribution in [0.4, 0.5) is 5.69 Å². The number of aryl methyl sites for hydroxylation is 1. The zero-order chi connectivity index (χ0) is 23.1. The van der Waals surface area contributed by atoms with Crippen molar-refractivity contribution in [2.75, 3.05) is 5.32 Å². The van der Waals surface area contributed by atoms with Gasteiger partial charge in [0.1, 0.15) is 12.4 Å². The van der Waals surface area contributed by atoms with Crippen molar-refractivity contribution in [1.29, 1.82) is 0 Å². The maximum Gasteiger partial charge on any atom is 0.329 e. The quantitative estimate of drug-likeness (QED) is 0.241. The van der Waals surface area contributed by atoms with E-state index in [4.69, 9.17) is 27.9 Å². The van der Waals surface area contributed by atoms with Crippen molar-refractivity contribution in [3.63, 3.8) is 0 Å². The molecule has 32 heavy (non-hydrogen) atoms. The van der Waals surface area contributed by atoms with Crippen molar-refractivity contribution in [3.05, 3.63) is 91.9 Å². The highest BCUT2D eigenvalue weighted by Gasteiger charge is 2.13. The molecule has 0 spiro atoms. The first-order valence-electron chi connectivity index (χ1n) is 9.40. The van der Waals surface area contributed by atoms with E-state index in [2.05, 4.69) is 31.8 Å². The zero-order valence-electron chi connectivity index (χ0n) is 16.9. The summed E-state index contributed by atoms with van der Waals surface area (Å²) >= 11 is 15.8. The number of halogens is 3. The van der Waals surface area contributed by atoms with Gasteiger partial charge >= 0.3 is 11.8 Å². The lowest BCUT2D eigenvalue weighted by atomic mass is 10.2. The minimum absolute atomic E-state index is 0.145. The number of carbonyl (C=O) groups excluding carboxylic acids is 2. The third-order valence-electron chi connectivity index (χ3n) is 4.29. The highest BCUT2D eigenvalue weighted by molar-refractivity contribution is 9.10. The van der Waals surface area contributed by atoms with Gasteiger partial charge in [-0.05, 0) is 49.4 Å². The second kappa shape index (κ2) is 11.1. The Hall–Kier alpha value is -2.87. The van der Waals surface area contributed by atoms with Crippen LogP contribution in [0.1, 0.15) is 16.7 Å².